The Labute approximate surface area is 144 Å². The smallest absolute Gasteiger partial charge is 0.156 e. The maximum atomic E-state index is 12.6. The van der Waals surface area contributed by atoms with Crippen LogP contribution in [0.25, 0.3) is 0 Å². The van der Waals surface area contributed by atoms with Crippen molar-refractivity contribution in [1.82, 2.24) is 0 Å². The van der Waals surface area contributed by atoms with E-state index in [1.165, 1.54) is 38.5 Å². The van der Waals surface area contributed by atoms with Crippen LogP contribution >= 0.6 is 11.6 Å². The zero-order chi connectivity index (χ0) is 16.9. The summed E-state index contributed by atoms with van der Waals surface area (Å²) in [7, 11) is -3.09. The molecule has 0 fully saturated rings. The summed E-state index contributed by atoms with van der Waals surface area (Å²) in [5.41, 5.74) is 0. The van der Waals surface area contributed by atoms with Gasteiger partial charge >= 0.3 is 0 Å². The number of sulfone groups is 1. The molecular formula is C18H37ClO2S. The summed E-state index contributed by atoms with van der Waals surface area (Å²) < 4.78 is 24.6. The Balaban J connectivity index is 4.48. The molecule has 4 heteroatoms. The Kier molecular flexibility index (Phi) is 12.8. The van der Waals surface area contributed by atoms with E-state index >= 15 is 0 Å². The molecule has 134 valence electrons. The largest absolute Gasteiger partial charge is 0.228 e. The van der Waals surface area contributed by atoms with Crippen molar-refractivity contribution in [1.29, 1.82) is 0 Å². The predicted octanol–water partition coefficient (Wildman–Crippen LogP) is 6.12. The van der Waals surface area contributed by atoms with Gasteiger partial charge in [0.2, 0.25) is 0 Å². The first kappa shape index (κ1) is 22.2. The van der Waals surface area contributed by atoms with Crippen molar-refractivity contribution in [2.45, 2.75) is 103 Å². The van der Waals surface area contributed by atoms with Gasteiger partial charge < -0.3 is 0 Å². The summed E-state index contributed by atoms with van der Waals surface area (Å²) >= 11 is 5.72. The summed E-state index contributed by atoms with van der Waals surface area (Å²) in [6.45, 7) is 6.35. The molecule has 0 aromatic carbocycles. The highest BCUT2D eigenvalue weighted by Gasteiger charge is 2.37. The van der Waals surface area contributed by atoms with Crippen LogP contribution in [-0.2, 0) is 9.84 Å². The van der Waals surface area contributed by atoms with E-state index in [1.54, 1.807) is 0 Å². The second kappa shape index (κ2) is 12.6. The maximum absolute atomic E-state index is 12.6. The average molecular weight is 353 g/mol. The zero-order valence-corrected chi connectivity index (χ0v) is 16.6. The number of halogens is 1. The standard InChI is InChI=1S/C18H37ClO2S/c1-4-6-8-10-12-14-18(3,22(20,21)17-16-19)15-13-11-9-7-5-2/h4-17H2,1-3H3. The zero-order valence-electron chi connectivity index (χ0n) is 15.0. The van der Waals surface area contributed by atoms with E-state index in [0.29, 0.717) is 0 Å². The topological polar surface area (TPSA) is 34.1 Å². The third-order valence-electron chi connectivity index (χ3n) is 4.72. The number of alkyl halides is 1. The fourth-order valence-electron chi connectivity index (χ4n) is 2.99. The van der Waals surface area contributed by atoms with Gasteiger partial charge in [-0.1, -0.05) is 78.1 Å². The van der Waals surface area contributed by atoms with Gasteiger partial charge in [0.25, 0.3) is 0 Å². The van der Waals surface area contributed by atoms with Crippen LogP contribution in [0.3, 0.4) is 0 Å². The lowest BCUT2D eigenvalue weighted by Gasteiger charge is -2.29. The van der Waals surface area contributed by atoms with E-state index in [4.69, 9.17) is 11.6 Å². The average Bonchev–Trinajstić information content (AvgIpc) is 2.46. The molecule has 0 heterocycles. The minimum Gasteiger partial charge on any atom is -0.228 e. The monoisotopic (exact) mass is 352 g/mol. The van der Waals surface area contributed by atoms with Crippen molar-refractivity contribution in [3.63, 3.8) is 0 Å². The Morgan fingerprint density at radius 1 is 0.773 bits per heavy atom. The summed E-state index contributed by atoms with van der Waals surface area (Å²) in [5.74, 6) is 0.332. The summed E-state index contributed by atoms with van der Waals surface area (Å²) in [6, 6.07) is 0. The molecule has 0 bridgehead atoms. The van der Waals surface area contributed by atoms with Crippen LogP contribution in [0.4, 0.5) is 0 Å². The second-order valence-electron chi connectivity index (χ2n) is 6.79. The Bertz CT molecular complexity index is 338. The Morgan fingerprint density at radius 3 is 1.55 bits per heavy atom. The molecule has 0 rings (SSSR count). The first-order valence-electron chi connectivity index (χ1n) is 9.21. The summed E-state index contributed by atoms with van der Waals surface area (Å²) in [6.07, 6.45) is 13.3. The van der Waals surface area contributed by atoms with E-state index in [-0.39, 0.29) is 11.6 Å². The third kappa shape index (κ3) is 8.76. The van der Waals surface area contributed by atoms with Crippen molar-refractivity contribution in [2.75, 3.05) is 11.6 Å². The molecule has 0 aliphatic heterocycles. The first-order chi connectivity index (χ1) is 10.4. The molecule has 0 unspecified atom stereocenters. The van der Waals surface area contributed by atoms with E-state index < -0.39 is 14.6 Å². The van der Waals surface area contributed by atoms with Gasteiger partial charge in [0, 0.05) is 5.88 Å². The predicted molar refractivity (Wildman–Crippen MR) is 99.7 cm³/mol. The molecule has 0 saturated heterocycles. The molecule has 2 nitrogen and oxygen atoms in total. The highest BCUT2D eigenvalue weighted by Crippen LogP contribution is 2.31. The number of hydrogen-bond donors (Lipinski definition) is 0. The van der Waals surface area contributed by atoms with Crippen LogP contribution in [0.2, 0.25) is 0 Å². The van der Waals surface area contributed by atoms with Crippen LogP contribution in [-0.4, -0.2) is 24.8 Å². The van der Waals surface area contributed by atoms with E-state index in [9.17, 15) is 8.42 Å². The molecule has 0 aliphatic rings. The minimum atomic E-state index is -3.09. The van der Waals surface area contributed by atoms with E-state index in [1.807, 2.05) is 6.92 Å². The fraction of sp³-hybridized carbons (Fsp3) is 1.00. The molecule has 0 aromatic rings. The molecule has 22 heavy (non-hydrogen) atoms. The van der Waals surface area contributed by atoms with Gasteiger partial charge in [-0.2, -0.15) is 0 Å². The summed E-state index contributed by atoms with van der Waals surface area (Å²) in [5, 5.41) is 0. The molecule has 0 atom stereocenters. The van der Waals surface area contributed by atoms with Gasteiger partial charge in [-0.25, -0.2) is 8.42 Å². The van der Waals surface area contributed by atoms with Crippen LogP contribution < -0.4 is 0 Å². The Morgan fingerprint density at radius 2 is 1.18 bits per heavy atom. The van der Waals surface area contributed by atoms with Crippen LogP contribution in [0.15, 0.2) is 0 Å². The molecule has 0 spiro atoms. The van der Waals surface area contributed by atoms with Crippen molar-refractivity contribution in [3.8, 4) is 0 Å². The molecular weight excluding hydrogens is 316 g/mol. The van der Waals surface area contributed by atoms with E-state index in [0.717, 1.165) is 38.5 Å². The first-order valence-corrected chi connectivity index (χ1v) is 11.4. The lowest BCUT2D eigenvalue weighted by molar-refractivity contribution is 0.436. The van der Waals surface area contributed by atoms with E-state index in [2.05, 4.69) is 13.8 Å². The molecule has 0 N–H and O–H groups in total. The van der Waals surface area contributed by atoms with Gasteiger partial charge in [-0.3, -0.25) is 0 Å². The van der Waals surface area contributed by atoms with Crippen LogP contribution in [0, 0.1) is 0 Å². The summed E-state index contributed by atoms with van der Waals surface area (Å²) in [4.78, 5) is 0. The minimum absolute atomic E-state index is 0.120. The Hall–Kier alpha value is 0.240. The number of hydrogen-bond acceptors (Lipinski definition) is 2. The number of unbranched alkanes of at least 4 members (excludes halogenated alkanes) is 8. The lowest BCUT2D eigenvalue weighted by atomic mass is 9.95. The van der Waals surface area contributed by atoms with Crippen molar-refractivity contribution < 1.29 is 8.42 Å². The van der Waals surface area contributed by atoms with Crippen molar-refractivity contribution >= 4 is 21.4 Å². The normalized spacial score (nSPS) is 12.7. The van der Waals surface area contributed by atoms with Crippen LogP contribution in [0.1, 0.15) is 97.8 Å². The molecule has 0 aromatic heterocycles. The van der Waals surface area contributed by atoms with Gasteiger partial charge in [-0.05, 0) is 19.8 Å². The molecule has 0 aliphatic carbocycles. The lowest BCUT2D eigenvalue weighted by Crippen LogP contribution is -2.37. The maximum Gasteiger partial charge on any atom is 0.156 e. The number of rotatable bonds is 15. The molecule has 0 saturated carbocycles. The SMILES string of the molecule is CCCCCCCC(C)(CCCCCCC)S(=O)(=O)CCCl. The van der Waals surface area contributed by atoms with Crippen molar-refractivity contribution in [2.24, 2.45) is 0 Å². The second-order valence-corrected chi connectivity index (χ2v) is 9.79. The van der Waals surface area contributed by atoms with Crippen LogP contribution in [0.5, 0.6) is 0 Å². The van der Waals surface area contributed by atoms with Crippen molar-refractivity contribution in [3.05, 3.63) is 0 Å². The van der Waals surface area contributed by atoms with Gasteiger partial charge in [0.1, 0.15) is 0 Å². The highest BCUT2D eigenvalue weighted by molar-refractivity contribution is 7.92. The fourth-order valence-corrected chi connectivity index (χ4v) is 5.21. The molecule has 0 amide bonds. The van der Waals surface area contributed by atoms with Gasteiger partial charge in [0.15, 0.2) is 9.84 Å². The molecule has 0 radical (unpaired) electrons. The third-order valence-corrected chi connectivity index (χ3v) is 7.78. The highest BCUT2D eigenvalue weighted by atomic mass is 35.5. The van der Waals surface area contributed by atoms with Gasteiger partial charge in [0.05, 0.1) is 10.5 Å². The van der Waals surface area contributed by atoms with Gasteiger partial charge in [-0.15, -0.1) is 11.6 Å². The quantitative estimate of drug-likeness (QED) is 0.263.